The molecule has 0 saturated heterocycles. The van der Waals surface area contributed by atoms with Crippen molar-refractivity contribution in [3.63, 3.8) is 0 Å². The molecule has 0 fully saturated rings. The summed E-state index contributed by atoms with van der Waals surface area (Å²) in [6.45, 7) is 6.23. The topological polar surface area (TPSA) is 69.0 Å². The number of benzene rings is 1. The number of Topliss-reactive ketones (excluding diaryl/α,β-unsaturated/α-hetero) is 1. The first-order valence-electron chi connectivity index (χ1n) is 7.72. The quantitative estimate of drug-likeness (QED) is 0.919. The Balaban J connectivity index is 2.00. The molecule has 0 bridgehead atoms. The van der Waals surface area contributed by atoms with Gasteiger partial charge in [-0.15, -0.1) is 0 Å². The zero-order valence-electron chi connectivity index (χ0n) is 13.5. The summed E-state index contributed by atoms with van der Waals surface area (Å²) in [7, 11) is 0. The van der Waals surface area contributed by atoms with Gasteiger partial charge in [0, 0.05) is 11.3 Å². The minimum Gasteiger partial charge on any atom is -0.494 e. The van der Waals surface area contributed by atoms with Crippen molar-refractivity contribution in [1.82, 2.24) is 14.8 Å². The van der Waals surface area contributed by atoms with Gasteiger partial charge in [0.1, 0.15) is 18.1 Å². The van der Waals surface area contributed by atoms with E-state index in [4.69, 9.17) is 4.74 Å². The van der Waals surface area contributed by atoms with Gasteiger partial charge >= 0.3 is 0 Å². The molecule has 1 atom stereocenters. The van der Waals surface area contributed by atoms with Crippen LogP contribution in [0, 0.1) is 0 Å². The molecule has 0 radical (unpaired) electrons. The molecule has 1 aliphatic heterocycles. The molecule has 0 aliphatic carbocycles. The maximum Gasteiger partial charge on any atom is 0.226 e. The van der Waals surface area contributed by atoms with Crippen LogP contribution in [0.4, 0.5) is 5.95 Å². The number of aromatic nitrogens is 3. The third-order valence-electron chi connectivity index (χ3n) is 3.84. The lowest BCUT2D eigenvalue weighted by molar-refractivity contribution is -0.114. The molecular formula is C17H20N4O2. The molecule has 2 aromatic rings. The fraction of sp³-hybridized carbons (Fsp3) is 0.353. The van der Waals surface area contributed by atoms with Crippen molar-refractivity contribution in [1.29, 1.82) is 0 Å². The minimum atomic E-state index is -0.272. The van der Waals surface area contributed by atoms with Crippen LogP contribution in [0.3, 0.4) is 0 Å². The number of allylic oxidation sites excluding steroid dienone is 2. The second kappa shape index (κ2) is 6.24. The van der Waals surface area contributed by atoms with Crippen LogP contribution in [0.25, 0.3) is 0 Å². The molecule has 23 heavy (non-hydrogen) atoms. The Labute approximate surface area is 135 Å². The van der Waals surface area contributed by atoms with E-state index in [0.29, 0.717) is 18.1 Å². The first kappa shape index (κ1) is 15.3. The van der Waals surface area contributed by atoms with E-state index in [1.807, 2.05) is 31.2 Å². The number of hydrogen-bond donors (Lipinski definition) is 1. The number of carbonyl (C=O) groups is 1. The van der Waals surface area contributed by atoms with Crippen LogP contribution in [0.5, 0.6) is 5.75 Å². The predicted octanol–water partition coefficient (Wildman–Crippen LogP) is 2.94. The maximum absolute atomic E-state index is 12.1. The summed E-state index contributed by atoms with van der Waals surface area (Å²) in [6.07, 6.45) is 2.46. The Morgan fingerprint density at radius 1 is 1.35 bits per heavy atom. The highest BCUT2D eigenvalue weighted by Gasteiger charge is 2.31. The molecular weight excluding hydrogens is 292 g/mol. The SMILES string of the molecule is CCCOc1ccc([C@H]2C(C(C)=O)=C(C)Nc3ncnn32)cc1. The van der Waals surface area contributed by atoms with Gasteiger partial charge in [0.05, 0.1) is 6.61 Å². The molecule has 2 heterocycles. The molecule has 0 unspecified atom stereocenters. The summed E-state index contributed by atoms with van der Waals surface area (Å²) < 4.78 is 7.36. The third kappa shape index (κ3) is 2.84. The molecule has 0 saturated carbocycles. The number of ketones is 1. The van der Waals surface area contributed by atoms with Gasteiger partial charge in [-0.1, -0.05) is 19.1 Å². The van der Waals surface area contributed by atoms with Crippen LogP contribution in [0.2, 0.25) is 0 Å². The van der Waals surface area contributed by atoms with Crippen LogP contribution in [-0.4, -0.2) is 27.2 Å². The van der Waals surface area contributed by atoms with Gasteiger partial charge in [0.2, 0.25) is 5.95 Å². The highest BCUT2D eigenvalue weighted by Crippen LogP contribution is 2.35. The van der Waals surface area contributed by atoms with Gasteiger partial charge in [-0.25, -0.2) is 4.68 Å². The van der Waals surface area contributed by atoms with Gasteiger partial charge in [0.25, 0.3) is 0 Å². The van der Waals surface area contributed by atoms with Gasteiger partial charge < -0.3 is 10.1 Å². The van der Waals surface area contributed by atoms with Crippen molar-refractivity contribution >= 4 is 11.7 Å². The van der Waals surface area contributed by atoms with Crippen LogP contribution in [0.15, 0.2) is 41.9 Å². The highest BCUT2D eigenvalue weighted by atomic mass is 16.5. The number of fused-ring (bicyclic) bond motifs is 1. The van der Waals surface area contributed by atoms with Crippen molar-refractivity contribution in [2.45, 2.75) is 33.2 Å². The van der Waals surface area contributed by atoms with Crippen molar-refractivity contribution in [2.75, 3.05) is 11.9 Å². The standard InChI is InChI=1S/C17H20N4O2/c1-4-9-23-14-7-5-13(6-8-14)16-15(12(3)22)11(2)20-17-18-10-19-21(16)17/h5-8,10,16H,4,9H2,1-3H3,(H,18,19,20)/t16-/m0/s1. The van der Waals surface area contributed by atoms with Crippen LogP contribution < -0.4 is 10.1 Å². The van der Waals surface area contributed by atoms with E-state index in [2.05, 4.69) is 22.3 Å². The number of hydrogen-bond acceptors (Lipinski definition) is 5. The summed E-state index contributed by atoms with van der Waals surface area (Å²) in [5, 5.41) is 7.41. The third-order valence-corrected chi connectivity index (χ3v) is 3.84. The summed E-state index contributed by atoms with van der Waals surface area (Å²) >= 11 is 0. The smallest absolute Gasteiger partial charge is 0.226 e. The van der Waals surface area contributed by atoms with E-state index >= 15 is 0 Å². The van der Waals surface area contributed by atoms with E-state index in [9.17, 15) is 4.79 Å². The predicted molar refractivity (Wildman–Crippen MR) is 87.4 cm³/mol. The number of nitrogens with one attached hydrogen (secondary N) is 1. The van der Waals surface area contributed by atoms with Crippen LogP contribution >= 0.6 is 0 Å². The molecule has 1 aromatic carbocycles. The zero-order valence-corrected chi connectivity index (χ0v) is 13.5. The fourth-order valence-electron chi connectivity index (χ4n) is 2.82. The number of ether oxygens (including phenoxy) is 1. The Kier molecular flexibility index (Phi) is 4.14. The van der Waals surface area contributed by atoms with Gasteiger partial charge in [-0.3, -0.25) is 4.79 Å². The molecule has 0 spiro atoms. The van der Waals surface area contributed by atoms with Crippen molar-refractivity contribution in [3.8, 4) is 5.75 Å². The normalized spacial score (nSPS) is 16.7. The van der Waals surface area contributed by atoms with Crippen molar-refractivity contribution in [2.24, 2.45) is 0 Å². The lowest BCUT2D eigenvalue weighted by Gasteiger charge is -2.28. The van der Waals surface area contributed by atoms with E-state index in [-0.39, 0.29) is 11.8 Å². The monoisotopic (exact) mass is 312 g/mol. The van der Waals surface area contributed by atoms with Gasteiger partial charge in [0.15, 0.2) is 5.78 Å². The summed E-state index contributed by atoms with van der Waals surface area (Å²) in [4.78, 5) is 16.4. The molecule has 1 aliphatic rings. The van der Waals surface area contributed by atoms with Crippen molar-refractivity contribution < 1.29 is 9.53 Å². The van der Waals surface area contributed by atoms with Crippen LogP contribution in [0.1, 0.15) is 38.8 Å². The zero-order chi connectivity index (χ0) is 16.4. The maximum atomic E-state index is 12.1. The fourth-order valence-corrected chi connectivity index (χ4v) is 2.82. The van der Waals surface area contributed by atoms with E-state index in [0.717, 1.165) is 23.4 Å². The number of nitrogens with zero attached hydrogens (tertiary/aromatic N) is 3. The number of anilines is 1. The number of rotatable bonds is 5. The van der Waals surface area contributed by atoms with E-state index in [1.54, 1.807) is 11.6 Å². The molecule has 120 valence electrons. The van der Waals surface area contributed by atoms with Crippen LogP contribution in [-0.2, 0) is 4.79 Å². The molecule has 1 N–H and O–H groups in total. The van der Waals surface area contributed by atoms with E-state index < -0.39 is 0 Å². The Morgan fingerprint density at radius 3 is 2.74 bits per heavy atom. The summed E-state index contributed by atoms with van der Waals surface area (Å²) in [5.41, 5.74) is 2.49. The first-order chi connectivity index (χ1) is 11.1. The van der Waals surface area contributed by atoms with Gasteiger partial charge in [-0.05, 0) is 38.0 Å². The lowest BCUT2D eigenvalue weighted by atomic mass is 9.93. The Morgan fingerprint density at radius 2 is 2.09 bits per heavy atom. The Hall–Kier alpha value is -2.63. The largest absolute Gasteiger partial charge is 0.494 e. The molecule has 1 aromatic heterocycles. The average molecular weight is 312 g/mol. The summed E-state index contributed by atoms with van der Waals surface area (Å²) in [5.74, 6) is 1.49. The first-order valence-corrected chi connectivity index (χ1v) is 7.72. The van der Waals surface area contributed by atoms with E-state index in [1.165, 1.54) is 6.33 Å². The molecule has 6 nitrogen and oxygen atoms in total. The minimum absolute atomic E-state index is 0.0208. The highest BCUT2D eigenvalue weighted by molar-refractivity contribution is 5.96. The average Bonchev–Trinajstić information content (AvgIpc) is 2.99. The van der Waals surface area contributed by atoms with Crippen molar-refractivity contribution in [3.05, 3.63) is 47.4 Å². The molecule has 3 rings (SSSR count). The molecule has 6 heteroatoms. The molecule has 0 amide bonds. The lowest BCUT2D eigenvalue weighted by Crippen LogP contribution is -2.27. The summed E-state index contributed by atoms with van der Waals surface area (Å²) in [6, 6.07) is 7.53. The van der Waals surface area contributed by atoms with Gasteiger partial charge in [-0.2, -0.15) is 10.1 Å². The second-order valence-electron chi connectivity index (χ2n) is 5.57. The number of carbonyl (C=O) groups excluding carboxylic acids is 1. The second-order valence-corrected chi connectivity index (χ2v) is 5.57. The Bertz CT molecular complexity index is 746.